The molecular formula is C25H20NO2S2+. The molecule has 0 heterocycles. The van der Waals surface area contributed by atoms with Crippen LogP contribution in [0, 0.1) is 17.0 Å². The summed E-state index contributed by atoms with van der Waals surface area (Å²) >= 11 is 1.44. The number of rotatable bonds is 6. The van der Waals surface area contributed by atoms with Crippen molar-refractivity contribution >= 4 is 28.3 Å². The summed E-state index contributed by atoms with van der Waals surface area (Å²) in [4.78, 5) is 16.5. The van der Waals surface area contributed by atoms with Crippen molar-refractivity contribution < 1.29 is 4.92 Å². The van der Waals surface area contributed by atoms with Gasteiger partial charge < -0.3 is 0 Å². The highest BCUT2D eigenvalue weighted by Gasteiger charge is 2.28. The molecule has 0 saturated heterocycles. The number of aryl methyl sites for hydroxylation is 1. The molecule has 5 heteroatoms. The molecule has 0 aliphatic rings. The average molecular weight is 431 g/mol. The summed E-state index contributed by atoms with van der Waals surface area (Å²) < 4.78 is 0. The van der Waals surface area contributed by atoms with E-state index < -0.39 is 0 Å². The van der Waals surface area contributed by atoms with Gasteiger partial charge >= 0.3 is 0 Å². The molecule has 0 aliphatic heterocycles. The van der Waals surface area contributed by atoms with Crippen LogP contribution in [0.3, 0.4) is 0 Å². The van der Waals surface area contributed by atoms with Gasteiger partial charge in [-0.25, -0.2) is 0 Å². The van der Waals surface area contributed by atoms with E-state index in [1.807, 2.05) is 18.2 Å². The van der Waals surface area contributed by atoms with Gasteiger partial charge in [0.15, 0.2) is 14.7 Å². The third kappa shape index (κ3) is 4.42. The molecule has 0 radical (unpaired) electrons. The first kappa shape index (κ1) is 20.3. The lowest BCUT2D eigenvalue weighted by atomic mass is 10.2. The lowest BCUT2D eigenvalue weighted by molar-refractivity contribution is -0.387. The minimum atomic E-state index is -0.325. The maximum absolute atomic E-state index is 11.3. The van der Waals surface area contributed by atoms with Gasteiger partial charge in [0.05, 0.1) is 20.7 Å². The van der Waals surface area contributed by atoms with Crippen molar-refractivity contribution in [3.63, 3.8) is 0 Å². The second-order valence-electron chi connectivity index (χ2n) is 6.69. The van der Waals surface area contributed by atoms with E-state index in [2.05, 4.69) is 73.7 Å². The molecule has 0 aromatic heterocycles. The van der Waals surface area contributed by atoms with E-state index >= 15 is 0 Å². The highest BCUT2D eigenvalue weighted by atomic mass is 32.2. The van der Waals surface area contributed by atoms with Gasteiger partial charge in [-0.1, -0.05) is 60.3 Å². The fraction of sp³-hybridized carbons (Fsp3) is 0.0400. The zero-order valence-electron chi connectivity index (χ0n) is 16.4. The number of nitro groups is 1. The van der Waals surface area contributed by atoms with E-state index in [-0.39, 0.29) is 21.5 Å². The fourth-order valence-electron chi connectivity index (χ4n) is 3.20. The van der Waals surface area contributed by atoms with Crippen LogP contribution in [0.1, 0.15) is 5.56 Å². The second-order valence-corrected chi connectivity index (χ2v) is 9.80. The van der Waals surface area contributed by atoms with Crippen molar-refractivity contribution in [1.29, 1.82) is 0 Å². The minimum Gasteiger partial charge on any atom is -0.258 e. The first-order valence-electron chi connectivity index (χ1n) is 9.50. The minimum absolute atomic E-state index is 0.138. The summed E-state index contributed by atoms with van der Waals surface area (Å²) in [6.45, 7) is 2.07. The molecule has 30 heavy (non-hydrogen) atoms. The fourth-order valence-corrected chi connectivity index (χ4v) is 6.36. The van der Waals surface area contributed by atoms with Crippen LogP contribution in [-0.4, -0.2) is 4.92 Å². The van der Waals surface area contributed by atoms with Gasteiger partial charge in [-0.2, -0.15) is 0 Å². The number of benzene rings is 4. The van der Waals surface area contributed by atoms with E-state index in [0.29, 0.717) is 4.90 Å². The van der Waals surface area contributed by atoms with Crippen LogP contribution in [0.25, 0.3) is 0 Å². The summed E-state index contributed by atoms with van der Waals surface area (Å²) in [5, 5.41) is 11.3. The Kier molecular flexibility index (Phi) is 6.21. The van der Waals surface area contributed by atoms with Gasteiger partial charge in [0, 0.05) is 11.0 Å². The maximum Gasteiger partial charge on any atom is 0.283 e. The molecule has 0 spiro atoms. The van der Waals surface area contributed by atoms with Crippen molar-refractivity contribution in [2.45, 2.75) is 31.4 Å². The quantitative estimate of drug-likeness (QED) is 0.185. The Morgan fingerprint density at radius 1 is 0.700 bits per heavy atom. The molecule has 4 aromatic carbocycles. The van der Waals surface area contributed by atoms with E-state index in [1.54, 1.807) is 18.2 Å². The molecule has 0 amide bonds. The largest absolute Gasteiger partial charge is 0.283 e. The van der Waals surface area contributed by atoms with Crippen LogP contribution in [0.15, 0.2) is 128 Å². The van der Waals surface area contributed by atoms with Crippen LogP contribution in [-0.2, 0) is 10.9 Å². The molecule has 0 fully saturated rings. The molecule has 148 valence electrons. The van der Waals surface area contributed by atoms with Crippen molar-refractivity contribution in [1.82, 2.24) is 0 Å². The third-order valence-corrected chi connectivity index (χ3v) is 8.08. The van der Waals surface area contributed by atoms with Crippen molar-refractivity contribution in [3.05, 3.63) is 119 Å². The highest BCUT2D eigenvalue weighted by molar-refractivity contribution is 7.99. The van der Waals surface area contributed by atoms with Gasteiger partial charge in [0.25, 0.3) is 5.69 Å². The summed E-state index contributed by atoms with van der Waals surface area (Å²) in [7, 11) is -0.209. The van der Waals surface area contributed by atoms with Crippen molar-refractivity contribution in [2.24, 2.45) is 0 Å². The molecule has 0 bridgehead atoms. The van der Waals surface area contributed by atoms with Gasteiger partial charge in [-0.05, 0) is 61.0 Å². The SMILES string of the molecule is Cc1cc([S+](c2ccccc2)c2ccccc2)ccc1Sc1ccccc1[N+](=O)[O-]. The Bertz CT molecular complexity index is 1120. The number of hydrogen-bond donors (Lipinski definition) is 0. The first-order valence-corrected chi connectivity index (χ1v) is 11.5. The van der Waals surface area contributed by atoms with Gasteiger partial charge in [0.1, 0.15) is 0 Å². The maximum atomic E-state index is 11.3. The first-order chi connectivity index (χ1) is 14.6. The zero-order valence-corrected chi connectivity index (χ0v) is 18.0. The van der Waals surface area contributed by atoms with Gasteiger partial charge in [0.2, 0.25) is 0 Å². The van der Waals surface area contributed by atoms with Crippen molar-refractivity contribution in [2.75, 3.05) is 0 Å². The summed E-state index contributed by atoms with van der Waals surface area (Å²) in [5.74, 6) is 0. The van der Waals surface area contributed by atoms with E-state index in [0.717, 1.165) is 10.5 Å². The van der Waals surface area contributed by atoms with Crippen LogP contribution < -0.4 is 0 Å². The molecule has 0 aliphatic carbocycles. The smallest absolute Gasteiger partial charge is 0.258 e. The van der Waals surface area contributed by atoms with Crippen LogP contribution in [0.4, 0.5) is 5.69 Å². The lowest BCUT2D eigenvalue weighted by Crippen LogP contribution is -2.05. The number of para-hydroxylation sites is 1. The van der Waals surface area contributed by atoms with Crippen LogP contribution in [0.2, 0.25) is 0 Å². The Morgan fingerprint density at radius 2 is 1.27 bits per heavy atom. The topological polar surface area (TPSA) is 43.1 Å². The molecule has 0 unspecified atom stereocenters. The monoisotopic (exact) mass is 430 g/mol. The average Bonchev–Trinajstić information content (AvgIpc) is 2.77. The predicted molar refractivity (Wildman–Crippen MR) is 123 cm³/mol. The highest BCUT2D eigenvalue weighted by Crippen LogP contribution is 2.38. The van der Waals surface area contributed by atoms with Crippen LogP contribution >= 0.6 is 11.8 Å². The number of hydrogen-bond acceptors (Lipinski definition) is 3. The zero-order chi connectivity index (χ0) is 20.9. The molecule has 0 N–H and O–H groups in total. The summed E-state index contributed by atoms with van der Waals surface area (Å²) in [5.41, 5.74) is 1.25. The van der Waals surface area contributed by atoms with Crippen molar-refractivity contribution in [3.8, 4) is 0 Å². The standard InChI is InChI=1S/C25H20NO2S2/c1-19-18-22(16-17-24(19)29-25-15-9-8-14-23(25)26(27)28)30(20-10-4-2-5-11-20)21-12-6-3-7-13-21/h2-18H,1H3/q+1. The predicted octanol–water partition coefficient (Wildman–Crippen LogP) is 7.15. The normalized spacial score (nSPS) is 10.9. The molecule has 3 nitrogen and oxygen atoms in total. The molecule has 0 saturated carbocycles. The molecular weight excluding hydrogens is 410 g/mol. The Morgan fingerprint density at radius 3 is 1.83 bits per heavy atom. The summed E-state index contributed by atoms with van der Waals surface area (Å²) in [6, 6.07) is 34.4. The second kappa shape index (κ2) is 9.20. The molecule has 4 rings (SSSR count). The molecule has 0 atom stereocenters. The third-order valence-electron chi connectivity index (χ3n) is 4.62. The summed E-state index contributed by atoms with van der Waals surface area (Å²) in [6.07, 6.45) is 0. The van der Waals surface area contributed by atoms with Crippen LogP contribution in [0.5, 0.6) is 0 Å². The Labute approximate surface area is 183 Å². The van der Waals surface area contributed by atoms with E-state index in [1.165, 1.54) is 26.4 Å². The Balaban J connectivity index is 1.72. The lowest BCUT2D eigenvalue weighted by Gasteiger charge is -2.11. The Hall–Kier alpha value is -3.02. The van der Waals surface area contributed by atoms with Gasteiger partial charge in [-0.15, -0.1) is 0 Å². The number of nitrogens with zero attached hydrogens (tertiary/aromatic N) is 1. The van der Waals surface area contributed by atoms with Gasteiger partial charge in [-0.3, -0.25) is 10.1 Å². The molecule has 4 aromatic rings. The van der Waals surface area contributed by atoms with E-state index in [9.17, 15) is 10.1 Å². The number of nitro benzene ring substituents is 1. The van der Waals surface area contributed by atoms with E-state index in [4.69, 9.17) is 0 Å².